The lowest BCUT2D eigenvalue weighted by Crippen LogP contribution is -2.13. The number of ether oxygens (including phenoxy) is 1. The Kier molecular flexibility index (Phi) is 6.73. The van der Waals surface area contributed by atoms with Crippen molar-refractivity contribution in [1.29, 1.82) is 0 Å². The highest BCUT2D eigenvalue weighted by atomic mass is 32.2. The normalized spacial score (nSPS) is 11.3. The number of imidazole rings is 1. The molecule has 178 valence electrons. The molecule has 0 atom stereocenters. The maximum Gasteiger partial charge on any atom is 0.295 e. The van der Waals surface area contributed by atoms with Crippen LogP contribution in [0.5, 0.6) is 5.75 Å². The fraction of sp³-hybridized carbons (Fsp3) is 0.0435. The molecule has 2 N–H and O–H groups in total. The minimum atomic E-state index is -4.06. The third-order valence-corrected chi connectivity index (χ3v) is 6.29. The van der Waals surface area contributed by atoms with Crippen molar-refractivity contribution in [2.75, 3.05) is 17.3 Å². The Morgan fingerprint density at radius 2 is 1.83 bits per heavy atom. The molecule has 0 fully saturated rings. The quantitative estimate of drug-likeness (QED) is 0.204. The largest absolute Gasteiger partial charge is 0.497 e. The standard InChI is InChI=1S/C23H20N6O5S/c1-34-20-8-4-18(5-9-20)27-35(32,33)21-10-11-22(23(14-21)29(30)31)26-25-15-17-2-6-19(7-3-17)28-13-12-24-16-28/h2-16,26-27H,1H3/b25-15+. The van der Waals surface area contributed by atoms with Crippen molar-refractivity contribution in [3.05, 3.63) is 101 Å². The summed E-state index contributed by atoms with van der Waals surface area (Å²) in [5.74, 6) is 0.564. The molecule has 0 saturated carbocycles. The minimum absolute atomic E-state index is 0.0460. The third-order valence-electron chi connectivity index (χ3n) is 4.91. The van der Waals surface area contributed by atoms with Crippen molar-refractivity contribution in [1.82, 2.24) is 9.55 Å². The fourth-order valence-corrected chi connectivity index (χ4v) is 4.20. The Balaban J connectivity index is 1.49. The molecule has 0 radical (unpaired) electrons. The smallest absolute Gasteiger partial charge is 0.295 e. The van der Waals surface area contributed by atoms with Crippen molar-refractivity contribution < 1.29 is 18.1 Å². The van der Waals surface area contributed by atoms with E-state index in [1.54, 1.807) is 24.7 Å². The predicted molar refractivity (Wildman–Crippen MR) is 132 cm³/mol. The highest BCUT2D eigenvalue weighted by Gasteiger charge is 2.21. The summed E-state index contributed by atoms with van der Waals surface area (Å²) >= 11 is 0. The number of hydrogen-bond acceptors (Lipinski definition) is 8. The van der Waals surface area contributed by atoms with Crippen LogP contribution in [-0.4, -0.2) is 36.2 Å². The third kappa shape index (κ3) is 5.62. The summed E-state index contributed by atoms with van der Waals surface area (Å²) < 4.78 is 34.8. The van der Waals surface area contributed by atoms with Gasteiger partial charge in [0, 0.05) is 29.8 Å². The summed E-state index contributed by atoms with van der Waals surface area (Å²) in [6.45, 7) is 0. The summed E-state index contributed by atoms with van der Waals surface area (Å²) in [5.41, 5.74) is 4.19. The van der Waals surface area contributed by atoms with Gasteiger partial charge in [0.25, 0.3) is 15.7 Å². The van der Waals surface area contributed by atoms with Crippen LogP contribution in [0.1, 0.15) is 5.56 Å². The zero-order valence-corrected chi connectivity index (χ0v) is 19.2. The number of anilines is 2. The van der Waals surface area contributed by atoms with Crippen LogP contribution in [-0.2, 0) is 10.0 Å². The number of nitro benzene ring substituents is 1. The number of rotatable bonds is 9. The summed E-state index contributed by atoms with van der Waals surface area (Å²) in [7, 11) is -2.56. The number of nitrogens with zero attached hydrogens (tertiary/aromatic N) is 4. The minimum Gasteiger partial charge on any atom is -0.497 e. The summed E-state index contributed by atoms with van der Waals surface area (Å²) in [6, 6.07) is 17.2. The lowest BCUT2D eigenvalue weighted by Gasteiger charge is -2.10. The second-order valence-corrected chi connectivity index (χ2v) is 8.88. The molecule has 35 heavy (non-hydrogen) atoms. The average molecular weight is 493 g/mol. The highest BCUT2D eigenvalue weighted by Crippen LogP contribution is 2.29. The molecular weight excluding hydrogens is 472 g/mol. The average Bonchev–Trinajstić information content (AvgIpc) is 3.40. The molecule has 4 aromatic rings. The van der Waals surface area contributed by atoms with E-state index in [2.05, 4.69) is 20.2 Å². The number of hydrogen-bond donors (Lipinski definition) is 2. The number of sulfonamides is 1. The van der Waals surface area contributed by atoms with E-state index < -0.39 is 20.6 Å². The second kappa shape index (κ2) is 10.1. The Morgan fingerprint density at radius 1 is 1.09 bits per heavy atom. The molecule has 0 bridgehead atoms. The molecule has 0 spiro atoms. The lowest BCUT2D eigenvalue weighted by molar-refractivity contribution is -0.384. The SMILES string of the molecule is COc1ccc(NS(=O)(=O)c2ccc(N/N=C/c3ccc(-n4ccnc4)cc3)c([N+](=O)[O-])c2)cc1. The Morgan fingerprint density at radius 3 is 2.46 bits per heavy atom. The first-order valence-corrected chi connectivity index (χ1v) is 11.7. The Hall–Kier alpha value is -4.71. The molecular formula is C23H20N6O5S. The number of nitro groups is 1. The van der Waals surface area contributed by atoms with E-state index in [-0.39, 0.29) is 10.6 Å². The van der Waals surface area contributed by atoms with Gasteiger partial charge in [-0.25, -0.2) is 13.4 Å². The van der Waals surface area contributed by atoms with E-state index >= 15 is 0 Å². The molecule has 12 heteroatoms. The molecule has 0 aliphatic carbocycles. The topological polar surface area (TPSA) is 141 Å². The summed E-state index contributed by atoms with van der Waals surface area (Å²) in [6.07, 6.45) is 6.68. The molecule has 0 aliphatic rings. The number of aromatic nitrogens is 2. The van der Waals surface area contributed by atoms with Crippen LogP contribution in [0.15, 0.2) is 95.4 Å². The van der Waals surface area contributed by atoms with Crippen molar-refractivity contribution in [2.45, 2.75) is 4.90 Å². The van der Waals surface area contributed by atoms with Crippen molar-refractivity contribution in [3.8, 4) is 11.4 Å². The predicted octanol–water partition coefficient (Wildman–Crippen LogP) is 4.04. The van der Waals surface area contributed by atoms with Crippen LogP contribution in [0, 0.1) is 10.1 Å². The molecule has 4 rings (SSSR count). The Labute approximate surface area is 200 Å². The van der Waals surface area contributed by atoms with Gasteiger partial charge in [-0.15, -0.1) is 0 Å². The van der Waals surface area contributed by atoms with Gasteiger partial charge in [-0.1, -0.05) is 12.1 Å². The van der Waals surface area contributed by atoms with E-state index in [4.69, 9.17) is 4.74 Å². The fourth-order valence-electron chi connectivity index (χ4n) is 3.12. The summed E-state index contributed by atoms with van der Waals surface area (Å²) in [4.78, 5) is 14.7. The van der Waals surface area contributed by atoms with Gasteiger partial charge in [-0.2, -0.15) is 5.10 Å². The van der Waals surface area contributed by atoms with E-state index in [0.29, 0.717) is 11.4 Å². The first-order chi connectivity index (χ1) is 16.9. The first kappa shape index (κ1) is 23.4. The van der Waals surface area contributed by atoms with E-state index in [1.807, 2.05) is 35.0 Å². The highest BCUT2D eigenvalue weighted by molar-refractivity contribution is 7.92. The molecule has 0 aliphatic heterocycles. The first-order valence-electron chi connectivity index (χ1n) is 10.2. The van der Waals surface area contributed by atoms with Crippen LogP contribution in [0.3, 0.4) is 0 Å². The van der Waals surface area contributed by atoms with Gasteiger partial charge in [0.05, 0.1) is 29.5 Å². The van der Waals surface area contributed by atoms with E-state index in [9.17, 15) is 18.5 Å². The zero-order chi connectivity index (χ0) is 24.8. The van der Waals surface area contributed by atoms with Gasteiger partial charge in [0.1, 0.15) is 11.4 Å². The molecule has 0 saturated heterocycles. The van der Waals surface area contributed by atoms with Crippen LogP contribution in [0.2, 0.25) is 0 Å². The van der Waals surface area contributed by atoms with Gasteiger partial charge < -0.3 is 9.30 Å². The van der Waals surface area contributed by atoms with Gasteiger partial charge in [0.15, 0.2) is 0 Å². The number of hydrazone groups is 1. The van der Waals surface area contributed by atoms with Crippen LogP contribution >= 0.6 is 0 Å². The van der Waals surface area contributed by atoms with Crippen LogP contribution in [0.25, 0.3) is 5.69 Å². The van der Waals surface area contributed by atoms with E-state index in [0.717, 1.165) is 17.3 Å². The second-order valence-electron chi connectivity index (χ2n) is 7.20. The maximum atomic E-state index is 12.7. The number of benzene rings is 3. The number of methoxy groups -OCH3 is 1. The van der Waals surface area contributed by atoms with Gasteiger partial charge >= 0.3 is 0 Å². The van der Waals surface area contributed by atoms with Crippen molar-refractivity contribution in [3.63, 3.8) is 0 Å². The van der Waals surface area contributed by atoms with Crippen molar-refractivity contribution >= 4 is 33.3 Å². The maximum absolute atomic E-state index is 12.7. The van der Waals surface area contributed by atoms with Gasteiger partial charge in [0.2, 0.25) is 0 Å². The molecule has 1 aromatic heterocycles. The van der Waals surface area contributed by atoms with Crippen LogP contribution < -0.4 is 14.9 Å². The molecule has 3 aromatic carbocycles. The molecule has 0 unspecified atom stereocenters. The van der Waals surface area contributed by atoms with Gasteiger partial charge in [-0.3, -0.25) is 20.3 Å². The molecule has 11 nitrogen and oxygen atoms in total. The molecule has 1 heterocycles. The molecule has 0 amide bonds. The number of nitrogens with one attached hydrogen (secondary N) is 2. The Bertz CT molecular complexity index is 1450. The van der Waals surface area contributed by atoms with Crippen molar-refractivity contribution in [2.24, 2.45) is 5.10 Å². The van der Waals surface area contributed by atoms with E-state index in [1.165, 1.54) is 37.6 Å². The zero-order valence-electron chi connectivity index (χ0n) is 18.4. The summed E-state index contributed by atoms with van der Waals surface area (Å²) in [5, 5.41) is 15.6. The van der Waals surface area contributed by atoms with Crippen LogP contribution in [0.4, 0.5) is 17.1 Å². The van der Waals surface area contributed by atoms with Gasteiger partial charge in [-0.05, 0) is 54.1 Å². The lowest BCUT2D eigenvalue weighted by atomic mass is 10.2. The monoisotopic (exact) mass is 492 g/mol.